The van der Waals surface area contributed by atoms with Crippen LogP contribution < -0.4 is 21.3 Å². The van der Waals surface area contributed by atoms with Gasteiger partial charge < -0.3 is 15.9 Å². The number of amides is 1. The van der Waals surface area contributed by atoms with Crippen LogP contribution in [0.3, 0.4) is 0 Å². The van der Waals surface area contributed by atoms with Crippen molar-refractivity contribution in [2.24, 2.45) is 5.10 Å². The van der Waals surface area contributed by atoms with E-state index in [1.807, 2.05) is 56.3 Å². The first kappa shape index (κ1) is 21.2. The van der Waals surface area contributed by atoms with Gasteiger partial charge in [0.25, 0.3) is 5.95 Å². The van der Waals surface area contributed by atoms with Gasteiger partial charge in [0, 0.05) is 0 Å². The SMILES string of the molecule is CCOc1ccccc1NC(=O)CSc1nnc(N/N=C(\C)c2ccccc2)n1N. The number of nitrogens with two attached hydrogens (primary N) is 1. The van der Waals surface area contributed by atoms with Gasteiger partial charge in [-0.05, 0) is 31.5 Å². The second-order valence-electron chi connectivity index (χ2n) is 6.12. The highest BCUT2D eigenvalue weighted by Crippen LogP contribution is 2.24. The number of hydrazone groups is 1. The molecule has 0 radical (unpaired) electrons. The maximum atomic E-state index is 12.3. The number of anilines is 2. The highest BCUT2D eigenvalue weighted by atomic mass is 32.2. The number of nitrogens with one attached hydrogen (secondary N) is 2. The molecule has 0 fully saturated rings. The molecule has 0 saturated carbocycles. The Kier molecular flexibility index (Phi) is 7.28. The number of nitrogens with zero attached hydrogens (tertiary/aromatic N) is 4. The first-order valence-electron chi connectivity index (χ1n) is 9.29. The molecule has 1 amide bonds. The van der Waals surface area contributed by atoms with Crippen LogP contribution in [-0.4, -0.2) is 38.9 Å². The largest absolute Gasteiger partial charge is 0.492 e. The molecule has 0 unspecified atom stereocenters. The number of thioether (sulfide) groups is 1. The molecule has 1 heterocycles. The Labute approximate surface area is 178 Å². The van der Waals surface area contributed by atoms with Gasteiger partial charge in [0.15, 0.2) is 0 Å². The maximum Gasteiger partial charge on any atom is 0.264 e. The molecule has 156 valence electrons. The lowest BCUT2D eigenvalue weighted by Gasteiger charge is -2.10. The Morgan fingerprint density at radius 3 is 2.67 bits per heavy atom. The van der Waals surface area contributed by atoms with Crippen LogP contribution in [0.5, 0.6) is 5.75 Å². The Morgan fingerprint density at radius 1 is 1.17 bits per heavy atom. The molecule has 3 rings (SSSR count). The van der Waals surface area contributed by atoms with E-state index in [-0.39, 0.29) is 17.6 Å². The molecule has 0 spiro atoms. The van der Waals surface area contributed by atoms with Crippen molar-refractivity contribution in [1.29, 1.82) is 0 Å². The topological polar surface area (TPSA) is 119 Å². The summed E-state index contributed by atoms with van der Waals surface area (Å²) < 4.78 is 6.77. The van der Waals surface area contributed by atoms with Gasteiger partial charge in [-0.2, -0.15) is 5.10 Å². The van der Waals surface area contributed by atoms with Crippen molar-refractivity contribution in [1.82, 2.24) is 14.9 Å². The first-order chi connectivity index (χ1) is 14.6. The average Bonchev–Trinajstić information content (AvgIpc) is 3.12. The lowest BCUT2D eigenvalue weighted by Crippen LogP contribution is -2.17. The predicted octanol–water partition coefficient (Wildman–Crippen LogP) is 2.96. The molecule has 0 bridgehead atoms. The van der Waals surface area contributed by atoms with Crippen LogP contribution >= 0.6 is 11.8 Å². The Balaban J connectivity index is 1.57. The number of benzene rings is 2. The Hall–Kier alpha value is -3.53. The second kappa shape index (κ2) is 10.3. The molecular formula is C20H23N7O2S. The molecule has 0 aliphatic carbocycles. The Bertz CT molecular complexity index is 1020. The van der Waals surface area contributed by atoms with Gasteiger partial charge in [-0.25, -0.2) is 10.1 Å². The van der Waals surface area contributed by atoms with Gasteiger partial charge in [0.1, 0.15) is 5.75 Å². The molecule has 4 N–H and O–H groups in total. The summed E-state index contributed by atoms with van der Waals surface area (Å²) in [7, 11) is 0. The number of hydrogen-bond acceptors (Lipinski definition) is 8. The average molecular weight is 426 g/mol. The summed E-state index contributed by atoms with van der Waals surface area (Å²) in [6.07, 6.45) is 0. The van der Waals surface area contributed by atoms with Gasteiger partial charge >= 0.3 is 0 Å². The van der Waals surface area contributed by atoms with E-state index >= 15 is 0 Å². The number of carbonyl (C=O) groups is 1. The summed E-state index contributed by atoms with van der Waals surface area (Å²) in [5.74, 6) is 6.82. The summed E-state index contributed by atoms with van der Waals surface area (Å²) in [4.78, 5) is 12.3. The molecule has 0 aliphatic rings. The summed E-state index contributed by atoms with van der Waals surface area (Å²) in [5, 5.41) is 15.5. The molecule has 0 atom stereocenters. The molecule has 0 aliphatic heterocycles. The summed E-state index contributed by atoms with van der Waals surface area (Å²) in [6.45, 7) is 4.28. The van der Waals surface area contributed by atoms with E-state index in [9.17, 15) is 4.79 Å². The fraction of sp³-hybridized carbons (Fsp3) is 0.200. The lowest BCUT2D eigenvalue weighted by molar-refractivity contribution is -0.113. The van der Waals surface area contributed by atoms with Gasteiger partial charge in [0.05, 0.1) is 23.8 Å². The third kappa shape index (κ3) is 5.51. The van der Waals surface area contributed by atoms with Crippen molar-refractivity contribution >= 4 is 35.0 Å². The summed E-state index contributed by atoms with van der Waals surface area (Å²) >= 11 is 1.17. The predicted molar refractivity (Wildman–Crippen MR) is 119 cm³/mol. The molecule has 9 nitrogen and oxygen atoms in total. The normalized spacial score (nSPS) is 11.2. The zero-order valence-corrected chi connectivity index (χ0v) is 17.5. The smallest absolute Gasteiger partial charge is 0.264 e. The van der Waals surface area contributed by atoms with Crippen LogP contribution in [0.4, 0.5) is 11.6 Å². The zero-order valence-electron chi connectivity index (χ0n) is 16.7. The minimum atomic E-state index is -0.206. The number of hydrogen-bond donors (Lipinski definition) is 3. The van der Waals surface area contributed by atoms with Crippen LogP contribution in [0.2, 0.25) is 0 Å². The van der Waals surface area contributed by atoms with Crippen LogP contribution in [0.25, 0.3) is 0 Å². The van der Waals surface area contributed by atoms with E-state index in [0.717, 1.165) is 11.3 Å². The number of ether oxygens (including phenoxy) is 1. The molecule has 10 heteroatoms. The van der Waals surface area contributed by atoms with E-state index < -0.39 is 0 Å². The zero-order chi connectivity index (χ0) is 21.3. The van der Waals surface area contributed by atoms with Crippen molar-refractivity contribution in [2.45, 2.75) is 19.0 Å². The van der Waals surface area contributed by atoms with E-state index in [2.05, 4.69) is 26.0 Å². The number of nitrogen functional groups attached to an aromatic ring is 1. The molecule has 3 aromatic rings. The summed E-state index contributed by atoms with van der Waals surface area (Å²) in [5.41, 5.74) is 5.18. The van der Waals surface area contributed by atoms with Crippen molar-refractivity contribution in [2.75, 3.05) is 28.9 Å². The van der Waals surface area contributed by atoms with Crippen LogP contribution in [0.15, 0.2) is 64.9 Å². The third-order valence-corrected chi connectivity index (χ3v) is 4.92. The minimum Gasteiger partial charge on any atom is -0.492 e. The van der Waals surface area contributed by atoms with Crippen molar-refractivity contribution in [3.05, 3.63) is 60.2 Å². The van der Waals surface area contributed by atoms with E-state index in [1.54, 1.807) is 12.1 Å². The van der Waals surface area contributed by atoms with Gasteiger partial charge in [-0.1, -0.05) is 54.2 Å². The van der Waals surface area contributed by atoms with Crippen molar-refractivity contribution < 1.29 is 9.53 Å². The number of rotatable bonds is 9. The van der Waals surface area contributed by atoms with E-state index in [1.165, 1.54) is 16.4 Å². The van der Waals surface area contributed by atoms with Gasteiger partial charge in [-0.3, -0.25) is 4.79 Å². The lowest BCUT2D eigenvalue weighted by atomic mass is 10.1. The molecular weight excluding hydrogens is 402 g/mol. The maximum absolute atomic E-state index is 12.3. The van der Waals surface area contributed by atoms with Crippen molar-refractivity contribution in [3.8, 4) is 5.75 Å². The van der Waals surface area contributed by atoms with E-state index in [0.29, 0.717) is 23.2 Å². The highest BCUT2D eigenvalue weighted by Gasteiger charge is 2.13. The molecule has 0 saturated heterocycles. The summed E-state index contributed by atoms with van der Waals surface area (Å²) in [6, 6.07) is 17.0. The standard InChI is InChI=1S/C20H23N7O2S/c1-3-29-17-12-8-7-11-16(17)22-18(28)13-30-20-26-25-19(27(20)21)24-23-14(2)15-9-5-4-6-10-15/h4-12H,3,13,21H2,1-2H3,(H,22,28)(H,24,25)/b23-14+. The van der Waals surface area contributed by atoms with Crippen LogP contribution in [-0.2, 0) is 4.79 Å². The number of carbonyl (C=O) groups excluding carboxylic acids is 1. The minimum absolute atomic E-state index is 0.113. The Morgan fingerprint density at radius 2 is 1.90 bits per heavy atom. The highest BCUT2D eigenvalue weighted by molar-refractivity contribution is 7.99. The second-order valence-corrected chi connectivity index (χ2v) is 7.06. The molecule has 30 heavy (non-hydrogen) atoms. The van der Waals surface area contributed by atoms with Crippen molar-refractivity contribution in [3.63, 3.8) is 0 Å². The van der Waals surface area contributed by atoms with Crippen LogP contribution in [0.1, 0.15) is 19.4 Å². The van der Waals surface area contributed by atoms with E-state index in [4.69, 9.17) is 10.6 Å². The fourth-order valence-electron chi connectivity index (χ4n) is 2.50. The first-order valence-corrected chi connectivity index (χ1v) is 10.3. The van der Waals surface area contributed by atoms with Gasteiger partial charge in [-0.15, -0.1) is 10.2 Å². The fourth-order valence-corrected chi connectivity index (χ4v) is 3.15. The molecule has 2 aromatic carbocycles. The monoisotopic (exact) mass is 425 g/mol. The quantitative estimate of drug-likeness (QED) is 0.209. The van der Waals surface area contributed by atoms with Gasteiger partial charge in [0.2, 0.25) is 11.1 Å². The van der Waals surface area contributed by atoms with Crippen LogP contribution in [0, 0.1) is 0 Å². The molecule has 1 aromatic heterocycles. The number of aromatic nitrogens is 3. The number of para-hydroxylation sites is 2. The third-order valence-electron chi connectivity index (χ3n) is 3.97.